The van der Waals surface area contributed by atoms with Gasteiger partial charge in [-0.25, -0.2) is 4.79 Å². The number of aliphatic imine (C=N–C) groups is 1. The van der Waals surface area contributed by atoms with Crippen LogP contribution in [0.3, 0.4) is 0 Å². The van der Waals surface area contributed by atoms with Crippen molar-refractivity contribution in [2.75, 3.05) is 6.54 Å². The maximum Gasteiger partial charge on any atom is 0.331 e. The number of unbranched alkanes of at least 4 members (excludes halogenated alkanes) is 4. The molecule has 0 aromatic carbocycles. The lowest BCUT2D eigenvalue weighted by Gasteiger charge is -2.08. The van der Waals surface area contributed by atoms with Crippen LogP contribution in [0, 0.1) is 0 Å². The molecule has 0 spiro atoms. The minimum atomic E-state index is -0.359. The fourth-order valence-electron chi connectivity index (χ4n) is 1.66. The summed E-state index contributed by atoms with van der Waals surface area (Å²) in [6.45, 7) is 6.19. The zero-order valence-electron chi connectivity index (χ0n) is 10.5. The van der Waals surface area contributed by atoms with E-state index in [9.17, 15) is 4.79 Å². The second-order valence-electron chi connectivity index (χ2n) is 4.09. The molecule has 0 amide bonds. The number of esters is 1. The van der Waals surface area contributed by atoms with Gasteiger partial charge in [-0.3, -0.25) is 4.99 Å². The molecule has 0 fully saturated rings. The van der Waals surface area contributed by atoms with Crippen LogP contribution in [-0.2, 0) is 9.53 Å². The third-order valence-corrected chi connectivity index (χ3v) is 3.71. The Hall–Kier alpha value is -0.770. The van der Waals surface area contributed by atoms with Crippen LogP contribution >= 0.6 is 11.8 Å². The Bertz CT molecular complexity index is 289. The number of hydrogen-bond donors (Lipinski definition) is 0. The van der Waals surface area contributed by atoms with Crippen LogP contribution in [0.5, 0.6) is 0 Å². The molecule has 0 saturated heterocycles. The molecule has 1 atom stereocenters. The molecule has 17 heavy (non-hydrogen) atoms. The molecule has 1 rings (SSSR count). The topological polar surface area (TPSA) is 38.7 Å². The van der Waals surface area contributed by atoms with E-state index in [2.05, 4.69) is 18.5 Å². The van der Waals surface area contributed by atoms with Crippen LogP contribution in [0.2, 0.25) is 0 Å². The molecule has 1 heterocycles. The fraction of sp³-hybridized carbons (Fsp3) is 0.692. The SMILES string of the molecule is C=CC(=O)OC1CN=C(CCCCCCC)S1. The number of nitrogens with zero attached hydrogens (tertiary/aromatic N) is 1. The van der Waals surface area contributed by atoms with Gasteiger partial charge in [-0.2, -0.15) is 0 Å². The molecule has 0 aromatic rings. The number of ether oxygens (including phenoxy) is 1. The van der Waals surface area contributed by atoms with Gasteiger partial charge in [0.2, 0.25) is 0 Å². The minimum absolute atomic E-state index is 0.133. The Morgan fingerprint density at radius 1 is 1.53 bits per heavy atom. The molecule has 4 heteroatoms. The van der Waals surface area contributed by atoms with Crippen molar-refractivity contribution in [2.45, 2.75) is 50.9 Å². The van der Waals surface area contributed by atoms with Gasteiger partial charge in [0.15, 0.2) is 5.44 Å². The highest BCUT2D eigenvalue weighted by Crippen LogP contribution is 2.25. The van der Waals surface area contributed by atoms with E-state index >= 15 is 0 Å². The average Bonchev–Trinajstić information content (AvgIpc) is 2.76. The van der Waals surface area contributed by atoms with E-state index in [1.807, 2.05) is 0 Å². The first-order chi connectivity index (χ1) is 8.26. The van der Waals surface area contributed by atoms with Crippen molar-refractivity contribution in [3.05, 3.63) is 12.7 Å². The van der Waals surface area contributed by atoms with E-state index in [-0.39, 0.29) is 11.4 Å². The van der Waals surface area contributed by atoms with Crippen LogP contribution in [0.25, 0.3) is 0 Å². The van der Waals surface area contributed by atoms with Crippen LogP contribution in [0.15, 0.2) is 17.6 Å². The normalized spacial score (nSPS) is 18.9. The summed E-state index contributed by atoms with van der Waals surface area (Å²) >= 11 is 1.58. The lowest BCUT2D eigenvalue weighted by molar-refractivity contribution is -0.138. The molecule has 0 saturated carbocycles. The fourth-order valence-corrected chi connectivity index (χ4v) is 2.67. The molecular formula is C13H21NO2S. The molecule has 1 aliphatic heterocycles. The van der Waals surface area contributed by atoms with Crippen molar-refractivity contribution < 1.29 is 9.53 Å². The van der Waals surface area contributed by atoms with Gasteiger partial charge in [0.25, 0.3) is 0 Å². The Labute approximate surface area is 108 Å². The molecule has 0 N–H and O–H groups in total. The highest BCUT2D eigenvalue weighted by Gasteiger charge is 2.21. The third kappa shape index (κ3) is 5.91. The number of hydrogen-bond acceptors (Lipinski definition) is 4. The summed E-state index contributed by atoms with van der Waals surface area (Å²) in [4.78, 5) is 15.4. The predicted octanol–water partition coefficient (Wildman–Crippen LogP) is 3.55. The zero-order chi connectivity index (χ0) is 12.5. The Morgan fingerprint density at radius 3 is 3.00 bits per heavy atom. The minimum Gasteiger partial charge on any atom is -0.446 e. The van der Waals surface area contributed by atoms with Crippen molar-refractivity contribution in [1.29, 1.82) is 0 Å². The Balaban J connectivity index is 2.08. The largest absolute Gasteiger partial charge is 0.446 e. The highest BCUT2D eigenvalue weighted by molar-refractivity contribution is 8.14. The van der Waals surface area contributed by atoms with E-state index in [0.717, 1.165) is 11.5 Å². The molecule has 96 valence electrons. The van der Waals surface area contributed by atoms with E-state index in [1.54, 1.807) is 11.8 Å². The lowest BCUT2D eigenvalue weighted by atomic mass is 10.1. The summed E-state index contributed by atoms with van der Waals surface area (Å²) in [7, 11) is 0. The van der Waals surface area contributed by atoms with Gasteiger partial charge in [0.1, 0.15) is 0 Å². The second kappa shape index (κ2) is 8.34. The third-order valence-electron chi connectivity index (χ3n) is 2.59. The first-order valence-electron chi connectivity index (χ1n) is 6.29. The molecule has 0 radical (unpaired) electrons. The van der Waals surface area contributed by atoms with Gasteiger partial charge in [-0.15, -0.1) is 0 Å². The van der Waals surface area contributed by atoms with Crippen LogP contribution in [0.4, 0.5) is 0 Å². The molecule has 1 aliphatic rings. The smallest absolute Gasteiger partial charge is 0.331 e. The molecule has 0 bridgehead atoms. The first kappa shape index (κ1) is 14.3. The van der Waals surface area contributed by atoms with Gasteiger partial charge in [0, 0.05) is 6.08 Å². The monoisotopic (exact) mass is 255 g/mol. The maximum atomic E-state index is 11.0. The summed E-state index contributed by atoms with van der Waals surface area (Å²) in [6.07, 6.45) is 8.58. The summed E-state index contributed by atoms with van der Waals surface area (Å²) in [5.41, 5.74) is -0.133. The van der Waals surface area contributed by atoms with Crippen molar-refractivity contribution in [1.82, 2.24) is 0 Å². The van der Waals surface area contributed by atoms with Gasteiger partial charge in [-0.05, 0) is 12.8 Å². The van der Waals surface area contributed by atoms with Crippen LogP contribution < -0.4 is 0 Å². The molecular weight excluding hydrogens is 234 g/mol. The summed E-state index contributed by atoms with van der Waals surface area (Å²) < 4.78 is 5.13. The number of thioether (sulfide) groups is 1. The summed E-state index contributed by atoms with van der Waals surface area (Å²) in [5.74, 6) is -0.359. The second-order valence-corrected chi connectivity index (χ2v) is 5.32. The zero-order valence-corrected chi connectivity index (χ0v) is 11.3. The molecule has 1 unspecified atom stereocenters. The number of rotatable bonds is 8. The maximum absolute atomic E-state index is 11.0. The number of carbonyl (C=O) groups is 1. The van der Waals surface area contributed by atoms with Crippen molar-refractivity contribution in [3.63, 3.8) is 0 Å². The average molecular weight is 255 g/mol. The Morgan fingerprint density at radius 2 is 2.29 bits per heavy atom. The van der Waals surface area contributed by atoms with Crippen LogP contribution in [0.1, 0.15) is 45.4 Å². The first-order valence-corrected chi connectivity index (χ1v) is 7.17. The molecule has 0 aliphatic carbocycles. The summed E-state index contributed by atoms with van der Waals surface area (Å²) in [5, 5.41) is 1.13. The van der Waals surface area contributed by atoms with Crippen molar-refractivity contribution in [3.8, 4) is 0 Å². The van der Waals surface area contributed by atoms with Gasteiger partial charge < -0.3 is 4.74 Å². The predicted molar refractivity (Wildman–Crippen MR) is 73.3 cm³/mol. The quantitative estimate of drug-likeness (QED) is 0.378. The van der Waals surface area contributed by atoms with Gasteiger partial charge in [-0.1, -0.05) is 50.9 Å². The standard InChI is InChI=1S/C13H21NO2S/c1-3-5-6-7-8-9-11-14-10-13(17-11)16-12(15)4-2/h4,13H,2-3,5-10H2,1H3. The van der Waals surface area contributed by atoms with Crippen LogP contribution in [-0.4, -0.2) is 23.0 Å². The molecule has 3 nitrogen and oxygen atoms in total. The van der Waals surface area contributed by atoms with Crippen molar-refractivity contribution in [2.24, 2.45) is 4.99 Å². The van der Waals surface area contributed by atoms with Crippen molar-refractivity contribution >= 4 is 22.8 Å². The van der Waals surface area contributed by atoms with E-state index in [4.69, 9.17) is 4.74 Å². The van der Waals surface area contributed by atoms with Gasteiger partial charge in [0.05, 0.1) is 11.6 Å². The number of carbonyl (C=O) groups excluding carboxylic acids is 1. The van der Waals surface area contributed by atoms with E-state index in [0.29, 0.717) is 6.54 Å². The van der Waals surface area contributed by atoms with E-state index in [1.165, 1.54) is 38.2 Å². The Kier molecular flexibility index (Phi) is 7.01. The van der Waals surface area contributed by atoms with E-state index < -0.39 is 0 Å². The highest BCUT2D eigenvalue weighted by atomic mass is 32.2. The lowest BCUT2D eigenvalue weighted by Crippen LogP contribution is -2.13. The molecule has 0 aromatic heterocycles. The summed E-state index contributed by atoms with van der Waals surface area (Å²) in [6, 6.07) is 0. The van der Waals surface area contributed by atoms with Gasteiger partial charge >= 0.3 is 5.97 Å².